The lowest BCUT2D eigenvalue weighted by Gasteiger charge is -2.22. The fourth-order valence-corrected chi connectivity index (χ4v) is 3.44. The number of para-hydroxylation sites is 1. The highest BCUT2D eigenvalue weighted by Gasteiger charge is 2.36. The minimum Gasteiger partial charge on any atom is -0.338 e. The van der Waals surface area contributed by atoms with Crippen LogP contribution in [-0.4, -0.2) is 40.2 Å². The molecule has 1 amide bonds. The van der Waals surface area contributed by atoms with E-state index < -0.39 is 0 Å². The van der Waals surface area contributed by atoms with Crippen molar-refractivity contribution in [2.45, 2.75) is 33.6 Å². The maximum Gasteiger partial charge on any atom is 0.257 e. The molecular weight excluding hydrogens is 300 g/mol. The van der Waals surface area contributed by atoms with Crippen LogP contribution in [0.2, 0.25) is 0 Å². The number of rotatable bonds is 4. The van der Waals surface area contributed by atoms with E-state index in [9.17, 15) is 4.79 Å². The molecular formula is C19H26N4O. The Kier molecular flexibility index (Phi) is 4.45. The van der Waals surface area contributed by atoms with Gasteiger partial charge in [-0.2, -0.15) is 5.10 Å². The molecule has 1 aromatic carbocycles. The Labute approximate surface area is 143 Å². The van der Waals surface area contributed by atoms with Crippen LogP contribution in [0.3, 0.4) is 0 Å². The molecule has 2 aromatic rings. The molecule has 3 rings (SSSR count). The predicted molar refractivity (Wildman–Crippen MR) is 95.4 cm³/mol. The summed E-state index contributed by atoms with van der Waals surface area (Å²) >= 11 is 0. The van der Waals surface area contributed by atoms with E-state index >= 15 is 0 Å². The molecule has 2 N–H and O–H groups in total. The molecule has 1 fully saturated rings. The van der Waals surface area contributed by atoms with Gasteiger partial charge in [0.05, 0.1) is 23.1 Å². The third-order valence-electron chi connectivity index (χ3n) is 5.12. The van der Waals surface area contributed by atoms with Gasteiger partial charge in [0.1, 0.15) is 0 Å². The molecule has 2 heterocycles. The summed E-state index contributed by atoms with van der Waals surface area (Å²) in [6.07, 6.45) is 3.44. The van der Waals surface area contributed by atoms with Crippen molar-refractivity contribution in [1.82, 2.24) is 14.7 Å². The van der Waals surface area contributed by atoms with E-state index in [0.717, 1.165) is 42.9 Å². The van der Waals surface area contributed by atoms with Crippen molar-refractivity contribution in [3.05, 3.63) is 47.3 Å². The summed E-state index contributed by atoms with van der Waals surface area (Å²) < 4.78 is 1.90. The first kappa shape index (κ1) is 16.7. The number of nitrogens with two attached hydrogens (primary N) is 1. The number of aromatic nitrogens is 2. The Balaban J connectivity index is 1.93. The fraction of sp³-hybridized carbons (Fsp3) is 0.474. The minimum absolute atomic E-state index is 0.0358. The van der Waals surface area contributed by atoms with Crippen molar-refractivity contribution >= 4 is 5.91 Å². The first-order valence-corrected chi connectivity index (χ1v) is 8.61. The summed E-state index contributed by atoms with van der Waals surface area (Å²) in [5, 5.41) is 4.51. The topological polar surface area (TPSA) is 64.2 Å². The number of nitrogens with zero attached hydrogens (tertiary/aromatic N) is 3. The highest BCUT2D eigenvalue weighted by Crippen LogP contribution is 2.30. The van der Waals surface area contributed by atoms with Gasteiger partial charge in [0, 0.05) is 13.1 Å². The molecule has 1 aliphatic heterocycles. The van der Waals surface area contributed by atoms with E-state index in [1.54, 1.807) is 6.20 Å². The number of amides is 1. The average Bonchev–Trinajstić information content (AvgIpc) is 3.19. The maximum atomic E-state index is 13.0. The molecule has 0 bridgehead atoms. The lowest BCUT2D eigenvalue weighted by atomic mass is 9.90. The van der Waals surface area contributed by atoms with Gasteiger partial charge in [0.15, 0.2) is 0 Å². The number of benzene rings is 1. The second kappa shape index (κ2) is 6.40. The maximum absolute atomic E-state index is 13.0. The summed E-state index contributed by atoms with van der Waals surface area (Å²) in [6, 6.07) is 8.11. The molecule has 0 spiro atoms. The molecule has 1 saturated heterocycles. The van der Waals surface area contributed by atoms with Gasteiger partial charge >= 0.3 is 0 Å². The lowest BCUT2D eigenvalue weighted by Crippen LogP contribution is -2.34. The van der Waals surface area contributed by atoms with Crippen molar-refractivity contribution in [1.29, 1.82) is 0 Å². The molecule has 0 radical (unpaired) electrons. The molecule has 0 saturated carbocycles. The van der Waals surface area contributed by atoms with Crippen molar-refractivity contribution in [3.8, 4) is 5.69 Å². The number of hydrogen-bond donors (Lipinski definition) is 1. The molecule has 128 valence electrons. The van der Waals surface area contributed by atoms with E-state index in [4.69, 9.17) is 5.73 Å². The van der Waals surface area contributed by atoms with Crippen LogP contribution in [0.4, 0.5) is 0 Å². The summed E-state index contributed by atoms with van der Waals surface area (Å²) in [7, 11) is 0. The Morgan fingerprint density at radius 1 is 1.38 bits per heavy atom. The molecule has 5 nitrogen and oxygen atoms in total. The molecule has 1 aromatic heterocycles. The molecule has 1 aliphatic rings. The van der Waals surface area contributed by atoms with E-state index in [0.29, 0.717) is 12.1 Å². The van der Waals surface area contributed by atoms with Crippen LogP contribution in [0.5, 0.6) is 0 Å². The van der Waals surface area contributed by atoms with Crippen LogP contribution < -0.4 is 5.73 Å². The van der Waals surface area contributed by atoms with Crippen molar-refractivity contribution in [3.63, 3.8) is 0 Å². The van der Waals surface area contributed by atoms with Gasteiger partial charge in [-0.15, -0.1) is 0 Å². The Hall–Kier alpha value is -2.14. The largest absolute Gasteiger partial charge is 0.338 e. The highest BCUT2D eigenvalue weighted by molar-refractivity contribution is 5.95. The summed E-state index contributed by atoms with van der Waals surface area (Å²) in [5.74, 6) is 0.0730. The SMILES string of the molecule is CCc1c(C(=O)N2CCC(C)(CN)C2)cnn1-c1ccccc1C. The zero-order valence-electron chi connectivity index (χ0n) is 14.7. The van der Waals surface area contributed by atoms with Crippen molar-refractivity contribution < 1.29 is 4.79 Å². The van der Waals surface area contributed by atoms with Gasteiger partial charge in [0.2, 0.25) is 0 Å². The zero-order chi connectivity index (χ0) is 17.3. The summed E-state index contributed by atoms with van der Waals surface area (Å²) in [5.41, 5.74) is 9.76. The van der Waals surface area contributed by atoms with Crippen LogP contribution in [0.1, 0.15) is 41.9 Å². The third-order valence-corrected chi connectivity index (χ3v) is 5.12. The summed E-state index contributed by atoms with van der Waals surface area (Å²) in [6.45, 7) is 8.38. The average molecular weight is 326 g/mol. The molecule has 1 unspecified atom stereocenters. The third kappa shape index (κ3) is 2.84. The van der Waals surface area contributed by atoms with E-state index in [2.05, 4.69) is 31.9 Å². The minimum atomic E-state index is 0.0358. The number of aryl methyl sites for hydroxylation is 1. The van der Waals surface area contributed by atoms with Crippen LogP contribution in [0.25, 0.3) is 5.69 Å². The summed E-state index contributed by atoms with van der Waals surface area (Å²) in [4.78, 5) is 14.9. The van der Waals surface area contributed by atoms with Gasteiger partial charge in [-0.3, -0.25) is 4.79 Å². The van der Waals surface area contributed by atoms with Crippen LogP contribution >= 0.6 is 0 Å². The fourth-order valence-electron chi connectivity index (χ4n) is 3.44. The quantitative estimate of drug-likeness (QED) is 0.939. The molecule has 24 heavy (non-hydrogen) atoms. The van der Waals surface area contributed by atoms with Crippen molar-refractivity contribution in [2.75, 3.05) is 19.6 Å². The van der Waals surface area contributed by atoms with Gasteiger partial charge in [0.25, 0.3) is 5.91 Å². The molecule has 5 heteroatoms. The van der Waals surface area contributed by atoms with Crippen LogP contribution in [0, 0.1) is 12.3 Å². The van der Waals surface area contributed by atoms with Crippen LogP contribution in [0.15, 0.2) is 30.5 Å². The number of carbonyl (C=O) groups is 1. The number of hydrogen-bond acceptors (Lipinski definition) is 3. The predicted octanol–water partition coefficient (Wildman–Crippen LogP) is 2.55. The van der Waals surface area contributed by atoms with E-state index in [-0.39, 0.29) is 11.3 Å². The first-order valence-electron chi connectivity index (χ1n) is 8.61. The highest BCUT2D eigenvalue weighted by atomic mass is 16.2. The second-order valence-corrected chi connectivity index (χ2v) is 7.05. The lowest BCUT2D eigenvalue weighted by molar-refractivity contribution is 0.0776. The van der Waals surface area contributed by atoms with E-state index in [1.165, 1.54) is 0 Å². The monoisotopic (exact) mass is 326 g/mol. The van der Waals surface area contributed by atoms with Gasteiger partial charge in [-0.1, -0.05) is 32.0 Å². The standard InChI is InChI=1S/C19H26N4O/c1-4-16-15(18(24)22-10-9-19(3,12-20)13-22)11-21-23(16)17-8-6-5-7-14(17)2/h5-8,11H,4,9-10,12-13,20H2,1-3H3. The zero-order valence-corrected chi connectivity index (χ0v) is 14.7. The number of likely N-dealkylation sites (tertiary alicyclic amines) is 1. The smallest absolute Gasteiger partial charge is 0.257 e. The molecule has 0 aliphatic carbocycles. The van der Waals surface area contributed by atoms with Crippen molar-refractivity contribution in [2.24, 2.45) is 11.1 Å². The first-order chi connectivity index (χ1) is 11.5. The van der Waals surface area contributed by atoms with E-state index in [1.807, 2.05) is 27.8 Å². The normalized spacial score (nSPS) is 20.6. The van der Waals surface area contributed by atoms with Gasteiger partial charge in [-0.25, -0.2) is 4.68 Å². The van der Waals surface area contributed by atoms with Crippen LogP contribution in [-0.2, 0) is 6.42 Å². The molecule has 1 atom stereocenters. The number of carbonyl (C=O) groups excluding carboxylic acids is 1. The Bertz CT molecular complexity index is 752. The van der Waals surface area contributed by atoms with Gasteiger partial charge < -0.3 is 10.6 Å². The Morgan fingerprint density at radius 3 is 2.75 bits per heavy atom. The Morgan fingerprint density at radius 2 is 2.12 bits per heavy atom. The van der Waals surface area contributed by atoms with Gasteiger partial charge in [-0.05, 0) is 43.4 Å². The second-order valence-electron chi connectivity index (χ2n) is 7.05.